The second-order valence-corrected chi connectivity index (χ2v) is 6.39. The quantitative estimate of drug-likeness (QED) is 0.781. The highest BCUT2D eigenvalue weighted by atomic mass is 16.5. The van der Waals surface area contributed by atoms with Crippen molar-refractivity contribution in [1.82, 2.24) is 9.78 Å². The van der Waals surface area contributed by atoms with Crippen molar-refractivity contribution in [3.05, 3.63) is 47.7 Å². The van der Waals surface area contributed by atoms with Gasteiger partial charge in [-0.15, -0.1) is 0 Å². The minimum atomic E-state index is -0.483. The van der Waals surface area contributed by atoms with Crippen LogP contribution in [0.15, 0.2) is 46.4 Å². The molecule has 1 N–H and O–H groups in total. The molecule has 0 bridgehead atoms. The van der Waals surface area contributed by atoms with Crippen molar-refractivity contribution in [2.45, 2.75) is 20.3 Å². The third kappa shape index (κ3) is 4.23. The minimum absolute atomic E-state index is 0.0782. The average molecular weight is 395 g/mol. The van der Waals surface area contributed by atoms with Crippen LogP contribution < -0.4 is 14.8 Å². The first kappa shape index (κ1) is 20.0. The van der Waals surface area contributed by atoms with Crippen LogP contribution in [0, 0.1) is 6.92 Å². The van der Waals surface area contributed by atoms with E-state index in [1.807, 2.05) is 0 Å². The summed E-state index contributed by atoms with van der Waals surface area (Å²) >= 11 is 0. The van der Waals surface area contributed by atoms with Crippen LogP contribution in [-0.2, 0) is 16.0 Å². The van der Waals surface area contributed by atoms with E-state index in [1.54, 1.807) is 45.2 Å². The van der Waals surface area contributed by atoms with Crippen LogP contribution in [0.2, 0.25) is 0 Å². The fraction of sp³-hybridized carbons (Fsp3) is 0.250. The summed E-state index contributed by atoms with van der Waals surface area (Å²) in [6, 6.07) is 6.94. The third-order valence-electron chi connectivity index (χ3n) is 4.27. The number of aromatic nitrogens is 2. The minimum Gasteiger partial charge on any atom is -0.493 e. The van der Waals surface area contributed by atoms with Crippen LogP contribution in [0.5, 0.6) is 11.5 Å². The molecule has 0 spiro atoms. The first-order valence-electron chi connectivity index (χ1n) is 8.77. The fourth-order valence-corrected chi connectivity index (χ4v) is 2.75. The topological polar surface area (TPSA) is 107 Å². The van der Waals surface area contributed by atoms with E-state index in [0.717, 1.165) is 5.56 Å². The van der Waals surface area contributed by atoms with Gasteiger partial charge in [-0.3, -0.25) is 9.59 Å². The number of aryl methyl sites for hydroxylation is 1. The van der Waals surface area contributed by atoms with Crippen LogP contribution in [0.25, 0.3) is 0 Å². The maximum atomic E-state index is 12.6. The molecule has 0 unspecified atom stereocenters. The summed E-state index contributed by atoms with van der Waals surface area (Å²) in [4.78, 5) is 32.7. The summed E-state index contributed by atoms with van der Waals surface area (Å²) in [6.07, 6.45) is 0.106. The molecule has 150 valence electrons. The Morgan fingerprint density at radius 3 is 2.52 bits per heavy atom. The molecule has 0 atom stereocenters. The molecule has 2 amide bonds. The zero-order valence-electron chi connectivity index (χ0n) is 16.6. The average Bonchev–Trinajstić information content (AvgIpc) is 3.05. The Kier molecular flexibility index (Phi) is 5.58. The molecule has 1 aliphatic heterocycles. The van der Waals surface area contributed by atoms with Crippen LogP contribution >= 0.6 is 0 Å². The second kappa shape index (κ2) is 8.09. The van der Waals surface area contributed by atoms with Crippen LogP contribution in [0.1, 0.15) is 18.2 Å². The first-order chi connectivity index (χ1) is 13.8. The summed E-state index contributed by atoms with van der Waals surface area (Å²) in [5.74, 6) is 0.812. The zero-order chi connectivity index (χ0) is 21.1. The van der Waals surface area contributed by atoms with Gasteiger partial charge in [0.15, 0.2) is 11.5 Å². The Morgan fingerprint density at radius 1 is 1.14 bits per heavy atom. The number of rotatable bonds is 5. The number of methoxy groups -OCH3 is 2. The van der Waals surface area contributed by atoms with E-state index in [0.29, 0.717) is 28.7 Å². The van der Waals surface area contributed by atoms with Gasteiger partial charge in [-0.25, -0.2) is 4.99 Å². The van der Waals surface area contributed by atoms with Gasteiger partial charge in [0.2, 0.25) is 5.91 Å². The summed E-state index contributed by atoms with van der Waals surface area (Å²) in [5.41, 5.74) is 2.07. The lowest BCUT2D eigenvalue weighted by molar-refractivity contribution is -0.115. The fourth-order valence-electron chi connectivity index (χ4n) is 2.75. The molecule has 1 aliphatic rings. The third-order valence-corrected chi connectivity index (χ3v) is 4.27. The normalized spacial score (nSPS) is 13.7. The molecule has 9 heteroatoms. The number of carbonyl (C=O) groups excluding carboxylic acids is 2. The number of amides is 2. The summed E-state index contributed by atoms with van der Waals surface area (Å²) < 4.78 is 11.8. The van der Waals surface area contributed by atoms with E-state index < -0.39 is 5.91 Å². The summed E-state index contributed by atoms with van der Waals surface area (Å²) in [7, 11) is 3.08. The summed E-state index contributed by atoms with van der Waals surface area (Å²) in [6.45, 7) is 7.08. The molecule has 2 heterocycles. The number of nitrogens with zero attached hydrogens (tertiary/aromatic N) is 4. The highest BCUT2D eigenvalue weighted by molar-refractivity contribution is 6.27. The van der Waals surface area contributed by atoms with Crippen LogP contribution in [-0.4, -0.2) is 47.5 Å². The Hall–Kier alpha value is -3.75. The van der Waals surface area contributed by atoms with Crippen molar-refractivity contribution in [1.29, 1.82) is 0 Å². The highest BCUT2D eigenvalue weighted by Gasteiger charge is 2.21. The van der Waals surface area contributed by atoms with Crippen molar-refractivity contribution in [2.24, 2.45) is 9.98 Å². The van der Waals surface area contributed by atoms with E-state index in [9.17, 15) is 9.59 Å². The highest BCUT2D eigenvalue weighted by Crippen LogP contribution is 2.27. The van der Waals surface area contributed by atoms with E-state index >= 15 is 0 Å². The maximum absolute atomic E-state index is 12.6. The van der Waals surface area contributed by atoms with Crippen molar-refractivity contribution in [3.63, 3.8) is 0 Å². The molecule has 3 rings (SSSR count). The Balaban J connectivity index is 1.81. The zero-order valence-corrected chi connectivity index (χ0v) is 16.6. The van der Waals surface area contributed by atoms with Gasteiger partial charge in [0.1, 0.15) is 5.82 Å². The number of hydrogen-bond acceptors (Lipinski definition) is 6. The molecule has 0 saturated carbocycles. The molecule has 0 fully saturated rings. The molecule has 1 aromatic heterocycles. The molecule has 29 heavy (non-hydrogen) atoms. The smallest absolute Gasteiger partial charge is 0.281 e. The lowest BCUT2D eigenvalue weighted by atomic mass is 10.1. The van der Waals surface area contributed by atoms with Crippen LogP contribution in [0.4, 0.5) is 5.82 Å². The Bertz CT molecular complexity index is 1060. The van der Waals surface area contributed by atoms with Crippen molar-refractivity contribution in [3.8, 4) is 11.5 Å². The van der Waals surface area contributed by atoms with E-state index in [1.165, 1.54) is 11.8 Å². The monoisotopic (exact) mass is 395 g/mol. The molecule has 0 aliphatic carbocycles. The number of benzene rings is 1. The van der Waals surface area contributed by atoms with E-state index in [-0.39, 0.29) is 23.9 Å². The van der Waals surface area contributed by atoms with Gasteiger partial charge < -0.3 is 14.8 Å². The van der Waals surface area contributed by atoms with Gasteiger partial charge >= 0.3 is 0 Å². The number of nitrogens with one attached hydrogen (secondary N) is 1. The largest absolute Gasteiger partial charge is 0.493 e. The van der Waals surface area contributed by atoms with E-state index in [4.69, 9.17) is 9.47 Å². The van der Waals surface area contributed by atoms with Crippen molar-refractivity contribution < 1.29 is 19.1 Å². The standard InChI is InChI=1S/C20H21N5O4/c1-11-8-17(25(24-11)20-21-13(3)12(2)19(27)23-20)22-18(26)10-14-6-7-15(28-4)16(9-14)29-5/h6-9H,2,10H2,1,3-5H3,(H,22,26). The second-order valence-electron chi connectivity index (χ2n) is 6.39. The Morgan fingerprint density at radius 2 is 1.86 bits per heavy atom. The van der Waals surface area contributed by atoms with Gasteiger partial charge in [-0.2, -0.15) is 14.8 Å². The number of anilines is 1. The van der Waals surface area contributed by atoms with Gasteiger partial charge in [0.05, 0.1) is 37.6 Å². The molecule has 0 saturated heterocycles. The molecule has 1 aromatic carbocycles. The molecule has 0 radical (unpaired) electrons. The molecular weight excluding hydrogens is 374 g/mol. The van der Waals surface area contributed by atoms with E-state index in [2.05, 4.69) is 27.0 Å². The first-order valence-corrected chi connectivity index (χ1v) is 8.77. The summed E-state index contributed by atoms with van der Waals surface area (Å²) in [5, 5.41) is 7.07. The number of carbonyl (C=O) groups is 2. The molecule has 2 aromatic rings. The Labute approximate surface area is 167 Å². The molecule has 9 nitrogen and oxygen atoms in total. The predicted octanol–water partition coefficient (Wildman–Crippen LogP) is 2.15. The van der Waals surface area contributed by atoms with Gasteiger partial charge in [-0.1, -0.05) is 12.6 Å². The van der Waals surface area contributed by atoms with Crippen molar-refractivity contribution in [2.75, 3.05) is 19.5 Å². The lowest BCUT2D eigenvalue weighted by Crippen LogP contribution is -2.25. The van der Waals surface area contributed by atoms with Gasteiger partial charge in [0.25, 0.3) is 11.9 Å². The SMILES string of the molecule is C=C1C(=O)N=C(n2nc(C)cc2NC(=O)Cc2ccc(OC)c(OC)c2)N=C1C. The van der Waals surface area contributed by atoms with Crippen LogP contribution in [0.3, 0.4) is 0 Å². The lowest BCUT2D eigenvalue weighted by Gasteiger charge is -2.13. The number of ether oxygens (including phenoxy) is 2. The number of hydrogen-bond donors (Lipinski definition) is 1. The molecular formula is C20H21N5O4. The van der Waals surface area contributed by atoms with Crippen molar-refractivity contribution >= 4 is 29.3 Å². The predicted molar refractivity (Wildman–Crippen MR) is 109 cm³/mol. The van der Waals surface area contributed by atoms with Gasteiger partial charge in [-0.05, 0) is 31.5 Å². The van der Waals surface area contributed by atoms with Gasteiger partial charge in [0, 0.05) is 6.07 Å². The maximum Gasteiger partial charge on any atom is 0.281 e. The number of aliphatic imine (C=N–C) groups is 2.